The molecule has 0 aliphatic rings. The molecular weight excluding hydrogens is 292 g/mol. The lowest BCUT2D eigenvalue weighted by Crippen LogP contribution is -2.08. The third-order valence-electron chi connectivity index (χ3n) is 2.52. The first-order chi connectivity index (χ1) is 10.2. The van der Waals surface area contributed by atoms with Gasteiger partial charge in [0.05, 0.1) is 16.8 Å². The van der Waals surface area contributed by atoms with Crippen LogP contribution in [0.1, 0.15) is 22.1 Å². The van der Waals surface area contributed by atoms with Gasteiger partial charge < -0.3 is 9.15 Å². The molecule has 0 aromatic carbocycles. The summed E-state index contributed by atoms with van der Waals surface area (Å²) in [6, 6.07) is 3.76. The van der Waals surface area contributed by atoms with Gasteiger partial charge in [-0.1, -0.05) is 6.07 Å². The summed E-state index contributed by atoms with van der Waals surface area (Å²) in [6.07, 6.45) is 2.86. The van der Waals surface area contributed by atoms with Gasteiger partial charge in [-0.3, -0.25) is 4.98 Å². The number of rotatable bonds is 4. The Morgan fingerprint density at radius 2 is 2.24 bits per heavy atom. The number of carbonyl (C=O) groups is 1. The third kappa shape index (κ3) is 3.11. The number of hydrogen-bond donors (Lipinski definition) is 0. The van der Waals surface area contributed by atoms with Crippen LogP contribution in [0.5, 0.6) is 0 Å². The molecule has 0 atom stereocenters. The van der Waals surface area contributed by atoms with E-state index < -0.39 is 5.97 Å². The Kier molecular flexibility index (Phi) is 3.69. The molecule has 3 aromatic heterocycles. The normalized spacial score (nSPS) is 10.5. The number of esters is 1. The highest BCUT2D eigenvalue weighted by atomic mass is 32.1. The van der Waals surface area contributed by atoms with Gasteiger partial charge in [0.1, 0.15) is 0 Å². The second-order valence-corrected chi connectivity index (χ2v) is 5.05. The summed E-state index contributed by atoms with van der Waals surface area (Å²) in [6.45, 7) is 1.68. The Balaban J connectivity index is 1.62. The zero-order valence-electron chi connectivity index (χ0n) is 11.0. The van der Waals surface area contributed by atoms with Crippen LogP contribution in [0.3, 0.4) is 0 Å². The van der Waals surface area contributed by atoms with Gasteiger partial charge >= 0.3 is 5.97 Å². The molecular formula is C13H10N4O3S. The van der Waals surface area contributed by atoms with Crippen molar-refractivity contribution in [3.05, 3.63) is 47.2 Å². The molecule has 8 heteroatoms. The van der Waals surface area contributed by atoms with E-state index in [-0.39, 0.29) is 18.2 Å². The minimum Gasteiger partial charge on any atom is -0.451 e. The van der Waals surface area contributed by atoms with Crippen LogP contribution in [-0.4, -0.2) is 26.1 Å². The van der Waals surface area contributed by atoms with Crippen molar-refractivity contribution in [2.75, 3.05) is 0 Å². The molecule has 0 fully saturated rings. The van der Waals surface area contributed by atoms with E-state index in [1.54, 1.807) is 6.92 Å². The maximum atomic E-state index is 11.8. The Morgan fingerprint density at radius 3 is 2.95 bits per heavy atom. The molecule has 0 saturated carbocycles. The van der Waals surface area contributed by atoms with Gasteiger partial charge in [-0.2, -0.15) is 0 Å². The molecule has 106 valence electrons. The average Bonchev–Trinajstić information content (AvgIpc) is 3.16. The van der Waals surface area contributed by atoms with Crippen LogP contribution in [0.2, 0.25) is 0 Å². The Hall–Kier alpha value is -2.61. The molecule has 0 amide bonds. The van der Waals surface area contributed by atoms with Gasteiger partial charge in [0.15, 0.2) is 12.3 Å². The minimum atomic E-state index is -0.585. The van der Waals surface area contributed by atoms with Crippen molar-refractivity contribution in [1.29, 1.82) is 0 Å². The lowest BCUT2D eigenvalue weighted by Gasteiger charge is -2.00. The highest BCUT2D eigenvalue weighted by Gasteiger charge is 2.13. The number of ether oxygens (including phenoxy) is 1. The van der Waals surface area contributed by atoms with Gasteiger partial charge in [-0.25, -0.2) is 9.78 Å². The fourth-order valence-electron chi connectivity index (χ4n) is 1.51. The lowest BCUT2D eigenvalue weighted by atomic mass is 10.4. The van der Waals surface area contributed by atoms with E-state index in [2.05, 4.69) is 20.2 Å². The molecule has 3 aromatic rings. The van der Waals surface area contributed by atoms with Crippen LogP contribution in [0.4, 0.5) is 0 Å². The smallest absolute Gasteiger partial charge is 0.359 e. The van der Waals surface area contributed by atoms with Crippen LogP contribution in [0, 0.1) is 6.92 Å². The summed E-state index contributed by atoms with van der Waals surface area (Å²) in [5.41, 5.74) is 0.864. The van der Waals surface area contributed by atoms with Crippen molar-refractivity contribution in [2.24, 2.45) is 0 Å². The largest absolute Gasteiger partial charge is 0.451 e. The molecule has 3 rings (SSSR count). The van der Waals surface area contributed by atoms with E-state index in [1.165, 1.54) is 23.7 Å². The summed E-state index contributed by atoms with van der Waals surface area (Å²) in [5, 5.41) is 9.64. The Morgan fingerprint density at radius 1 is 1.33 bits per heavy atom. The zero-order valence-corrected chi connectivity index (χ0v) is 11.8. The van der Waals surface area contributed by atoms with Gasteiger partial charge in [-0.05, 0) is 18.4 Å². The van der Waals surface area contributed by atoms with E-state index >= 15 is 0 Å². The van der Waals surface area contributed by atoms with Crippen molar-refractivity contribution < 1.29 is 13.9 Å². The maximum absolute atomic E-state index is 11.8. The predicted molar refractivity (Wildman–Crippen MR) is 73.5 cm³/mol. The molecule has 0 unspecified atom stereocenters. The lowest BCUT2D eigenvalue weighted by molar-refractivity contribution is 0.0431. The van der Waals surface area contributed by atoms with E-state index in [1.807, 2.05) is 17.5 Å². The molecule has 0 radical (unpaired) electrons. The Bertz CT molecular complexity index is 737. The number of aromatic nitrogens is 4. The minimum absolute atomic E-state index is 0.104. The van der Waals surface area contributed by atoms with Crippen molar-refractivity contribution in [1.82, 2.24) is 20.2 Å². The quantitative estimate of drug-likeness (QED) is 0.682. The van der Waals surface area contributed by atoms with Crippen molar-refractivity contribution in [2.45, 2.75) is 13.5 Å². The SMILES string of the molecule is Cc1cnc(C(=O)OCc2nnc(-c3cccs3)o2)cn1. The highest BCUT2D eigenvalue weighted by Crippen LogP contribution is 2.23. The highest BCUT2D eigenvalue weighted by molar-refractivity contribution is 7.13. The average molecular weight is 302 g/mol. The zero-order chi connectivity index (χ0) is 14.7. The predicted octanol–water partition coefficient (Wildman–Crippen LogP) is 2.25. The van der Waals surface area contributed by atoms with Crippen molar-refractivity contribution in [3.63, 3.8) is 0 Å². The van der Waals surface area contributed by atoms with Crippen LogP contribution >= 0.6 is 11.3 Å². The Labute approximate surface area is 123 Å². The van der Waals surface area contributed by atoms with E-state index in [0.717, 1.165) is 10.6 Å². The van der Waals surface area contributed by atoms with Gasteiger partial charge in [-0.15, -0.1) is 21.5 Å². The summed E-state index contributed by atoms with van der Waals surface area (Å²) in [5.74, 6) is 0.0522. The number of hydrogen-bond acceptors (Lipinski definition) is 8. The molecule has 0 aliphatic carbocycles. The molecule has 3 heterocycles. The van der Waals surface area contributed by atoms with E-state index in [4.69, 9.17) is 9.15 Å². The van der Waals surface area contributed by atoms with Gasteiger partial charge in [0, 0.05) is 6.20 Å². The molecule has 7 nitrogen and oxygen atoms in total. The first-order valence-corrected chi connectivity index (χ1v) is 6.92. The number of thiophene rings is 1. The van der Waals surface area contributed by atoms with E-state index in [9.17, 15) is 4.79 Å². The second kappa shape index (κ2) is 5.80. The third-order valence-corrected chi connectivity index (χ3v) is 3.37. The maximum Gasteiger partial charge on any atom is 0.359 e. The van der Waals surface area contributed by atoms with Crippen LogP contribution in [0.15, 0.2) is 34.3 Å². The number of nitrogens with zero attached hydrogens (tertiary/aromatic N) is 4. The first kappa shape index (κ1) is 13.4. The number of carbonyl (C=O) groups excluding carboxylic acids is 1. The van der Waals surface area contributed by atoms with Crippen LogP contribution in [0.25, 0.3) is 10.8 Å². The molecule has 0 bridgehead atoms. The molecule has 0 saturated heterocycles. The van der Waals surface area contributed by atoms with Crippen LogP contribution < -0.4 is 0 Å². The summed E-state index contributed by atoms with van der Waals surface area (Å²) < 4.78 is 10.5. The summed E-state index contributed by atoms with van der Waals surface area (Å²) in [7, 11) is 0. The molecule has 0 aliphatic heterocycles. The fraction of sp³-hybridized carbons (Fsp3) is 0.154. The fourth-order valence-corrected chi connectivity index (χ4v) is 2.16. The monoisotopic (exact) mass is 302 g/mol. The van der Waals surface area contributed by atoms with E-state index in [0.29, 0.717) is 5.89 Å². The topological polar surface area (TPSA) is 91.0 Å². The molecule has 21 heavy (non-hydrogen) atoms. The number of aryl methyl sites for hydroxylation is 1. The van der Waals surface area contributed by atoms with Crippen molar-refractivity contribution >= 4 is 17.3 Å². The molecule has 0 N–H and O–H groups in total. The van der Waals surface area contributed by atoms with Crippen molar-refractivity contribution in [3.8, 4) is 10.8 Å². The van der Waals surface area contributed by atoms with Gasteiger partial charge in [0.2, 0.25) is 0 Å². The van der Waals surface area contributed by atoms with Crippen LogP contribution in [-0.2, 0) is 11.3 Å². The standard InChI is InChI=1S/C13H10N4O3S/c1-8-5-15-9(6-14-8)13(18)19-7-11-16-17-12(20-11)10-3-2-4-21-10/h2-6H,7H2,1H3. The molecule has 0 spiro atoms. The summed E-state index contributed by atoms with van der Waals surface area (Å²) >= 11 is 1.49. The second-order valence-electron chi connectivity index (χ2n) is 4.10. The van der Waals surface area contributed by atoms with Gasteiger partial charge in [0.25, 0.3) is 11.8 Å². The summed E-state index contributed by atoms with van der Waals surface area (Å²) in [4.78, 5) is 20.5. The first-order valence-electron chi connectivity index (χ1n) is 6.04.